The van der Waals surface area contributed by atoms with Gasteiger partial charge in [0.1, 0.15) is 0 Å². The predicted octanol–water partition coefficient (Wildman–Crippen LogP) is 4.98. The number of carboxylic acids is 1. The van der Waals surface area contributed by atoms with Crippen molar-refractivity contribution in [2.45, 2.75) is 51.6 Å². The second kappa shape index (κ2) is 6.80. The number of carbonyl (C=O) groups is 1. The van der Waals surface area contributed by atoms with Crippen LogP contribution in [0.2, 0.25) is 0 Å². The Hall–Kier alpha value is -0.390. The van der Waals surface area contributed by atoms with Gasteiger partial charge in [0, 0.05) is 8.95 Å². The van der Waals surface area contributed by atoms with Crippen LogP contribution in [0.5, 0.6) is 0 Å². The summed E-state index contributed by atoms with van der Waals surface area (Å²) in [4.78, 5) is 11.1. The molecule has 0 amide bonds. The highest BCUT2D eigenvalue weighted by Crippen LogP contribution is 2.48. The number of aliphatic carboxylic acids is 1. The van der Waals surface area contributed by atoms with Crippen LogP contribution in [0, 0.1) is 12.3 Å². The molecule has 116 valence electrons. The Balaban J connectivity index is 2.21. The molecule has 21 heavy (non-hydrogen) atoms. The van der Waals surface area contributed by atoms with Gasteiger partial charge in [-0.2, -0.15) is 0 Å². The molecule has 3 nitrogen and oxygen atoms in total. The first-order valence-electron chi connectivity index (χ1n) is 7.18. The van der Waals surface area contributed by atoms with Crippen molar-refractivity contribution in [2.24, 2.45) is 5.41 Å². The summed E-state index contributed by atoms with van der Waals surface area (Å²) in [7, 11) is 0. The monoisotopic (exact) mass is 418 g/mol. The Morgan fingerprint density at radius 1 is 1.29 bits per heavy atom. The van der Waals surface area contributed by atoms with E-state index in [0.29, 0.717) is 6.42 Å². The molecule has 0 heterocycles. The SMILES string of the molecule is Cc1cc(Br)c(C(O)CC2(CC(=O)O)CCCC2)cc1Br. The molecular weight excluding hydrogens is 400 g/mol. The van der Waals surface area contributed by atoms with Crippen molar-refractivity contribution in [1.29, 1.82) is 0 Å². The summed E-state index contributed by atoms with van der Waals surface area (Å²) in [6.45, 7) is 1.99. The van der Waals surface area contributed by atoms with Crippen LogP contribution >= 0.6 is 31.9 Å². The van der Waals surface area contributed by atoms with Crippen LogP contribution < -0.4 is 0 Å². The van der Waals surface area contributed by atoms with Gasteiger partial charge >= 0.3 is 5.97 Å². The molecule has 1 aromatic rings. The number of aryl methyl sites for hydroxylation is 1. The largest absolute Gasteiger partial charge is 0.481 e. The van der Waals surface area contributed by atoms with E-state index in [9.17, 15) is 9.90 Å². The van der Waals surface area contributed by atoms with Gasteiger partial charge in [-0.25, -0.2) is 0 Å². The van der Waals surface area contributed by atoms with Crippen LogP contribution in [0.25, 0.3) is 0 Å². The Morgan fingerprint density at radius 3 is 2.48 bits per heavy atom. The molecule has 1 aliphatic carbocycles. The minimum Gasteiger partial charge on any atom is -0.481 e. The normalized spacial score (nSPS) is 18.7. The van der Waals surface area contributed by atoms with Crippen LogP contribution in [-0.2, 0) is 4.79 Å². The quantitative estimate of drug-likeness (QED) is 0.707. The van der Waals surface area contributed by atoms with Crippen LogP contribution in [0.15, 0.2) is 21.1 Å². The number of halogens is 2. The zero-order valence-corrected chi connectivity index (χ0v) is 15.2. The van der Waals surface area contributed by atoms with Gasteiger partial charge in [-0.15, -0.1) is 0 Å². The van der Waals surface area contributed by atoms with Gasteiger partial charge in [0.2, 0.25) is 0 Å². The molecule has 1 unspecified atom stereocenters. The third kappa shape index (κ3) is 4.08. The lowest BCUT2D eigenvalue weighted by atomic mass is 9.76. The van der Waals surface area contributed by atoms with Crippen molar-refractivity contribution in [2.75, 3.05) is 0 Å². The smallest absolute Gasteiger partial charge is 0.303 e. The van der Waals surface area contributed by atoms with Gasteiger partial charge in [0.15, 0.2) is 0 Å². The molecule has 0 spiro atoms. The lowest BCUT2D eigenvalue weighted by Gasteiger charge is -2.30. The third-order valence-corrected chi connectivity index (χ3v) is 5.99. The van der Waals surface area contributed by atoms with E-state index in [1.54, 1.807) is 0 Å². The molecule has 0 radical (unpaired) electrons. The van der Waals surface area contributed by atoms with E-state index in [2.05, 4.69) is 31.9 Å². The highest BCUT2D eigenvalue weighted by molar-refractivity contribution is 9.11. The minimum absolute atomic E-state index is 0.148. The fourth-order valence-electron chi connectivity index (χ4n) is 3.34. The zero-order chi connectivity index (χ0) is 15.6. The van der Waals surface area contributed by atoms with Crippen LogP contribution in [0.1, 0.15) is 55.8 Å². The van der Waals surface area contributed by atoms with Gasteiger partial charge in [0.25, 0.3) is 0 Å². The Kier molecular flexibility index (Phi) is 5.49. The van der Waals surface area contributed by atoms with Crippen molar-refractivity contribution in [3.05, 3.63) is 32.2 Å². The Labute approximate surface area is 142 Å². The van der Waals surface area contributed by atoms with Crippen molar-refractivity contribution in [3.63, 3.8) is 0 Å². The number of aliphatic hydroxyl groups is 1. The number of hydrogen-bond donors (Lipinski definition) is 2. The molecule has 0 saturated heterocycles. The zero-order valence-electron chi connectivity index (χ0n) is 12.0. The van der Waals surface area contributed by atoms with Gasteiger partial charge in [-0.3, -0.25) is 4.79 Å². The maximum Gasteiger partial charge on any atom is 0.303 e. The first-order chi connectivity index (χ1) is 9.83. The highest BCUT2D eigenvalue weighted by Gasteiger charge is 2.38. The van der Waals surface area contributed by atoms with Crippen LogP contribution in [0.4, 0.5) is 0 Å². The van der Waals surface area contributed by atoms with Crippen molar-refractivity contribution in [3.8, 4) is 0 Å². The van der Waals surface area contributed by atoms with Gasteiger partial charge in [-0.1, -0.05) is 44.7 Å². The summed E-state index contributed by atoms with van der Waals surface area (Å²) in [6.07, 6.45) is 3.90. The summed E-state index contributed by atoms with van der Waals surface area (Å²) in [5.74, 6) is -0.770. The van der Waals surface area contributed by atoms with E-state index in [1.165, 1.54) is 0 Å². The van der Waals surface area contributed by atoms with Crippen LogP contribution in [-0.4, -0.2) is 16.2 Å². The highest BCUT2D eigenvalue weighted by atomic mass is 79.9. The maximum absolute atomic E-state index is 11.1. The molecule has 1 atom stereocenters. The Bertz CT molecular complexity index is 537. The summed E-state index contributed by atoms with van der Waals surface area (Å²) >= 11 is 6.99. The summed E-state index contributed by atoms with van der Waals surface area (Å²) in [6, 6.07) is 3.90. The number of carboxylic acid groups (broad SMARTS) is 1. The molecule has 1 aliphatic rings. The second-order valence-electron chi connectivity index (χ2n) is 6.12. The predicted molar refractivity (Wildman–Crippen MR) is 89.3 cm³/mol. The lowest BCUT2D eigenvalue weighted by Crippen LogP contribution is -2.24. The maximum atomic E-state index is 11.1. The molecule has 1 aromatic carbocycles. The topological polar surface area (TPSA) is 57.5 Å². The molecular formula is C16H20Br2O3. The Morgan fingerprint density at radius 2 is 1.90 bits per heavy atom. The van der Waals surface area contributed by atoms with Crippen LogP contribution in [0.3, 0.4) is 0 Å². The van der Waals surface area contributed by atoms with E-state index >= 15 is 0 Å². The first kappa shape index (κ1) is 17.0. The standard InChI is InChI=1S/C16H20Br2O3/c1-10-6-13(18)11(7-12(10)17)14(19)8-16(9-15(20)21)4-2-3-5-16/h6-7,14,19H,2-5,8-9H2,1H3,(H,20,21). The van der Waals surface area contributed by atoms with Gasteiger partial charge in [0.05, 0.1) is 12.5 Å². The fourth-order valence-corrected chi connectivity index (χ4v) is 4.42. The number of rotatable bonds is 5. The van der Waals surface area contributed by atoms with E-state index < -0.39 is 12.1 Å². The minimum atomic E-state index is -0.770. The molecule has 0 aromatic heterocycles. The third-order valence-electron chi connectivity index (χ3n) is 4.45. The summed E-state index contributed by atoms with van der Waals surface area (Å²) in [5, 5.41) is 19.8. The summed E-state index contributed by atoms with van der Waals surface area (Å²) < 4.78 is 1.83. The molecule has 2 N–H and O–H groups in total. The summed E-state index contributed by atoms with van der Waals surface area (Å²) in [5.41, 5.74) is 1.66. The lowest BCUT2D eigenvalue weighted by molar-refractivity contribution is -0.140. The molecule has 1 fully saturated rings. The second-order valence-corrected chi connectivity index (χ2v) is 7.83. The van der Waals surface area contributed by atoms with Crippen molar-refractivity contribution in [1.82, 2.24) is 0 Å². The van der Waals surface area contributed by atoms with Gasteiger partial charge in [-0.05, 0) is 54.9 Å². The van der Waals surface area contributed by atoms with E-state index in [1.807, 2.05) is 19.1 Å². The number of hydrogen-bond acceptors (Lipinski definition) is 2. The van der Waals surface area contributed by atoms with E-state index in [4.69, 9.17) is 5.11 Å². The number of benzene rings is 1. The molecule has 0 aliphatic heterocycles. The fraction of sp³-hybridized carbons (Fsp3) is 0.562. The average molecular weight is 420 g/mol. The molecule has 2 rings (SSSR count). The molecule has 0 bridgehead atoms. The number of aliphatic hydroxyl groups excluding tert-OH is 1. The van der Waals surface area contributed by atoms with Crippen molar-refractivity contribution < 1.29 is 15.0 Å². The van der Waals surface area contributed by atoms with Crippen molar-refractivity contribution >= 4 is 37.8 Å². The van der Waals surface area contributed by atoms with Gasteiger partial charge < -0.3 is 10.2 Å². The van der Waals surface area contributed by atoms with E-state index in [0.717, 1.165) is 45.8 Å². The first-order valence-corrected chi connectivity index (χ1v) is 8.77. The van der Waals surface area contributed by atoms with E-state index in [-0.39, 0.29) is 11.8 Å². The average Bonchev–Trinajstić information content (AvgIpc) is 2.80. The molecule has 5 heteroatoms. The molecule has 1 saturated carbocycles.